The van der Waals surface area contributed by atoms with E-state index in [2.05, 4.69) is 10.4 Å². The van der Waals surface area contributed by atoms with Crippen LogP contribution in [0.3, 0.4) is 0 Å². The quantitative estimate of drug-likeness (QED) is 0.865. The minimum atomic E-state index is -0.918. The minimum absolute atomic E-state index is 0.283. The maximum absolute atomic E-state index is 10.9. The molecule has 0 bridgehead atoms. The highest BCUT2D eigenvalue weighted by atomic mass is 16.4. The molecule has 0 fully saturated rings. The van der Waals surface area contributed by atoms with Gasteiger partial charge in [-0.15, -0.1) is 0 Å². The average Bonchev–Trinajstić information content (AvgIpc) is 2.77. The van der Waals surface area contributed by atoms with E-state index >= 15 is 0 Å². The number of hydrogen-bond acceptors (Lipinski definition) is 3. The Hall–Kier alpha value is -2.30. The maximum atomic E-state index is 10.9. The zero-order valence-electron chi connectivity index (χ0n) is 11.1. The molecule has 0 aliphatic heterocycles. The van der Waals surface area contributed by atoms with Crippen molar-refractivity contribution in [3.8, 4) is 0 Å². The van der Waals surface area contributed by atoms with Crippen molar-refractivity contribution in [3.63, 3.8) is 0 Å². The number of aryl methyl sites for hydroxylation is 1. The first kappa shape index (κ1) is 13.1. The number of aromatic nitrogens is 2. The molecule has 0 radical (unpaired) electrons. The smallest absolute Gasteiger partial charge is 0.335 e. The summed E-state index contributed by atoms with van der Waals surface area (Å²) >= 11 is 0. The van der Waals surface area contributed by atoms with Gasteiger partial charge in [0.2, 0.25) is 0 Å². The van der Waals surface area contributed by atoms with Crippen molar-refractivity contribution in [2.45, 2.75) is 26.9 Å². The van der Waals surface area contributed by atoms with Crippen molar-refractivity contribution in [1.82, 2.24) is 9.78 Å². The second-order valence-electron chi connectivity index (χ2n) is 4.31. The highest BCUT2D eigenvalue weighted by Crippen LogP contribution is 2.14. The van der Waals surface area contributed by atoms with E-state index in [0.29, 0.717) is 6.54 Å². The average molecular weight is 259 g/mol. The molecular weight excluding hydrogens is 242 g/mol. The molecule has 0 saturated carbocycles. The van der Waals surface area contributed by atoms with Gasteiger partial charge in [0.25, 0.3) is 0 Å². The summed E-state index contributed by atoms with van der Waals surface area (Å²) < 4.78 is 1.94. The third kappa shape index (κ3) is 2.93. The molecule has 19 heavy (non-hydrogen) atoms. The standard InChI is InChI=1S/C14H17N3O2/c1-3-17-10(2)12(9-16-17)8-15-13-6-4-5-11(7-13)14(18)19/h4-7,9,15H,3,8H2,1-2H3,(H,18,19). The van der Waals surface area contributed by atoms with E-state index in [0.717, 1.165) is 23.5 Å². The summed E-state index contributed by atoms with van der Waals surface area (Å²) in [4.78, 5) is 10.9. The van der Waals surface area contributed by atoms with Crippen molar-refractivity contribution in [1.29, 1.82) is 0 Å². The fourth-order valence-electron chi connectivity index (χ4n) is 1.94. The van der Waals surface area contributed by atoms with Crippen LogP contribution in [0.4, 0.5) is 5.69 Å². The molecule has 1 aromatic heterocycles. The van der Waals surface area contributed by atoms with Crippen LogP contribution in [-0.2, 0) is 13.1 Å². The molecule has 1 heterocycles. The largest absolute Gasteiger partial charge is 0.478 e. The molecule has 2 rings (SSSR count). The number of aromatic carboxylic acids is 1. The summed E-state index contributed by atoms with van der Waals surface area (Å²) in [6.07, 6.45) is 1.84. The van der Waals surface area contributed by atoms with Gasteiger partial charge in [0, 0.05) is 30.0 Å². The van der Waals surface area contributed by atoms with Crippen molar-refractivity contribution < 1.29 is 9.90 Å². The summed E-state index contributed by atoms with van der Waals surface area (Å²) in [5.74, 6) is -0.918. The van der Waals surface area contributed by atoms with Gasteiger partial charge in [0.05, 0.1) is 11.8 Å². The Morgan fingerprint density at radius 1 is 1.47 bits per heavy atom. The van der Waals surface area contributed by atoms with Crippen LogP contribution in [0.2, 0.25) is 0 Å². The number of anilines is 1. The molecule has 0 atom stereocenters. The van der Waals surface area contributed by atoms with Crippen LogP contribution >= 0.6 is 0 Å². The lowest BCUT2D eigenvalue weighted by Crippen LogP contribution is -2.04. The lowest BCUT2D eigenvalue weighted by molar-refractivity contribution is 0.0697. The molecule has 0 amide bonds. The number of carbonyl (C=O) groups is 1. The fraction of sp³-hybridized carbons (Fsp3) is 0.286. The molecule has 0 aliphatic rings. The predicted molar refractivity (Wildman–Crippen MR) is 73.4 cm³/mol. The van der Waals surface area contributed by atoms with Gasteiger partial charge in [-0.3, -0.25) is 4.68 Å². The summed E-state index contributed by atoms with van der Waals surface area (Å²) in [6.45, 7) is 5.56. The molecule has 1 aromatic carbocycles. The van der Waals surface area contributed by atoms with Crippen LogP contribution in [0.15, 0.2) is 30.5 Å². The molecular formula is C14H17N3O2. The number of nitrogens with zero attached hydrogens (tertiary/aromatic N) is 2. The molecule has 2 N–H and O–H groups in total. The van der Waals surface area contributed by atoms with Crippen molar-refractivity contribution in [2.75, 3.05) is 5.32 Å². The first-order valence-corrected chi connectivity index (χ1v) is 6.20. The van der Waals surface area contributed by atoms with Gasteiger partial charge >= 0.3 is 5.97 Å². The van der Waals surface area contributed by atoms with Crippen LogP contribution in [-0.4, -0.2) is 20.9 Å². The fourth-order valence-corrected chi connectivity index (χ4v) is 1.94. The number of carboxylic acids is 1. The van der Waals surface area contributed by atoms with Crippen molar-refractivity contribution in [3.05, 3.63) is 47.3 Å². The second-order valence-corrected chi connectivity index (χ2v) is 4.31. The van der Waals surface area contributed by atoms with E-state index in [1.165, 1.54) is 0 Å². The Morgan fingerprint density at radius 2 is 2.26 bits per heavy atom. The van der Waals surface area contributed by atoms with E-state index in [1.807, 2.05) is 30.8 Å². The van der Waals surface area contributed by atoms with Gasteiger partial charge in [-0.2, -0.15) is 5.10 Å². The van der Waals surface area contributed by atoms with Crippen LogP contribution in [0.1, 0.15) is 28.5 Å². The first-order valence-electron chi connectivity index (χ1n) is 6.20. The summed E-state index contributed by atoms with van der Waals surface area (Å²) in [6, 6.07) is 6.79. The van der Waals surface area contributed by atoms with Crippen LogP contribution in [0.25, 0.3) is 0 Å². The number of hydrogen-bond donors (Lipinski definition) is 2. The Morgan fingerprint density at radius 3 is 2.89 bits per heavy atom. The van der Waals surface area contributed by atoms with Gasteiger partial charge in [-0.05, 0) is 32.0 Å². The van der Waals surface area contributed by atoms with E-state index in [9.17, 15) is 4.79 Å². The van der Waals surface area contributed by atoms with E-state index in [4.69, 9.17) is 5.11 Å². The number of benzene rings is 1. The molecule has 100 valence electrons. The highest BCUT2D eigenvalue weighted by Gasteiger charge is 2.06. The third-order valence-electron chi connectivity index (χ3n) is 3.10. The van der Waals surface area contributed by atoms with Crippen LogP contribution in [0.5, 0.6) is 0 Å². The van der Waals surface area contributed by atoms with Gasteiger partial charge in [-0.1, -0.05) is 6.07 Å². The zero-order chi connectivity index (χ0) is 13.8. The van der Waals surface area contributed by atoms with Gasteiger partial charge in [0.15, 0.2) is 0 Å². The number of carboxylic acid groups (broad SMARTS) is 1. The molecule has 0 unspecified atom stereocenters. The number of nitrogens with one attached hydrogen (secondary N) is 1. The lowest BCUT2D eigenvalue weighted by Gasteiger charge is -2.07. The van der Waals surface area contributed by atoms with E-state index in [-0.39, 0.29) is 5.56 Å². The second kappa shape index (κ2) is 5.56. The molecule has 2 aromatic rings. The Kier molecular flexibility index (Phi) is 3.85. The predicted octanol–water partition coefficient (Wildman–Crippen LogP) is 2.52. The highest BCUT2D eigenvalue weighted by molar-refractivity contribution is 5.88. The monoisotopic (exact) mass is 259 g/mol. The van der Waals surface area contributed by atoms with Gasteiger partial charge in [0.1, 0.15) is 0 Å². The Labute approximate surface area is 111 Å². The molecule has 0 spiro atoms. The van der Waals surface area contributed by atoms with E-state index in [1.54, 1.807) is 18.2 Å². The van der Waals surface area contributed by atoms with Crippen LogP contribution < -0.4 is 5.32 Å². The van der Waals surface area contributed by atoms with Gasteiger partial charge in [-0.25, -0.2) is 4.79 Å². The maximum Gasteiger partial charge on any atom is 0.335 e. The molecule has 5 nitrogen and oxygen atoms in total. The Balaban J connectivity index is 2.08. The van der Waals surface area contributed by atoms with E-state index < -0.39 is 5.97 Å². The SMILES string of the molecule is CCn1ncc(CNc2cccc(C(=O)O)c2)c1C. The van der Waals surface area contributed by atoms with Crippen molar-refractivity contribution >= 4 is 11.7 Å². The molecule has 0 aliphatic carbocycles. The van der Waals surface area contributed by atoms with Crippen molar-refractivity contribution in [2.24, 2.45) is 0 Å². The minimum Gasteiger partial charge on any atom is -0.478 e. The topological polar surface area (TPSA) is 67.2 Å². The number of rotatable bonds is 5. The summed E-state index contributed by atoms with van der Waals surface area (Å²) in [5.41, 5.74) is 3.32. The normalized spacial score (nSPS) is 10.4. The molecule has 5 heteroatoms. The van der Waals surface area contributed by atoms with Crippen LogP contribution in [0, 0.1) is 6.92 Å². The Bertz CT molecular complexity index is 590. The molecule has 0 saturated heterocycles. The van der Waals surface area contributed by atoms with Gasteiger partial charge < -0.3 is 10.4 Å². The lowest BCUT2D eigenvalue weighted by atomic mass is 10.2. The first-order chi connectivity index (χ1) is 9.11. The zero-order valence-corrected chi connectivity index (χ0v) is 11.1. The summed E-state index contributed by atoms with van der Waals surface area (Å²) in [7, 11) is 0. The third-order valence-corrected chi connectivity index (χ3v) is 3.10. The summed E-state index contributed by atoms with van der Waals surface area (Å²) in [5, 5.41) is 16.4.